The highest BCUT2D eigenvalue weighted by Crippen LogP contribution is 2.43. The van der Waals surface area contributed by atoms with Gasteiger partial charge in [-0.25, -0.2) is 0 Å². The molecule has 0 spiro atoms. The number of carboxylic acid groups (broad SMARTS) is 1. The predicted octanol–water partition coefficient (Wildman–Crippen LogP) is 1.92. The monoisotopic (exact) mass is 398 g/mol. The second kappa shape index (κ2) is 6.14. The molecular weight excluding hydrogens is 384 g/mol. The van der Waals surface area contributed by atoms with Crippen molar-refractivity contribution in [2.75, 3.05) is 26.3 Å². The summed E-state index contributed by atoms with van der Waals surface area (Å²) in [4.78, 5) is 36.5. The molecule has 0 aromatic heterocycles. The summed E-state index contributed by atoms with van der Waals surface area (Å²) in [5.41, 5.74) is -1.37. The Morgan fingerprint density at radius 3 is 2.83 bits per heavy atom. The summed E-state index contributed by atoms with van der Waals surface area (Å²) < 4.78 is 5.85. The van der Waals surface area contributed by atoms with Gasteiger partial charge in [0.1, 0.15) is 5.56 Å². The number of fused-ring (bicyclic) bond motifs is 1. The lowest BCUT2D eigenvalue weighted by molar-refractivity contribution is -0.385. The number of halogens is 1. The summed E-state index contributed by atoms with van der Waals surface area (Å²) in [6, 6.07) is 4.21. The van der Waals surface area contributed by atoms with Gasteiger partial charge >= 0.3 is 5.97 Å². The molecule has 1 aromatic rings. The molecule has 9 heteroatoms. The zero-order valence-electron chi connectivity index (χ0n) is 12.6. The highest BCUT2D eigenvalue weighted by molar-refractivity contribution is 9.10. The molecule has 1 amide bonds. The van der Waals surface area contributed by atoms with Crippen molar-refractivity contribution in [2.24, 2.45) is 11.3 Å². The Balaban J connectivity index is 1.92. The minimum Gasteiger partial charge on any atom is -0.481 e. The third kappa shape index (κ3) is 2.67. The number of carboxylic acids is 1. The van der Waals surface area contributed by atoms with E-state index in [4.69, 9.17) is 4.74 Å². The molecule has 128 valence electrons. The van der Waals surface area contributed by atoms with E-state index in [9.17, 15) is 24.8 Å². The number of carbonyl (C=O) groups is 2. The molecule has 2 fully saturated rings. The Morgan fingerprint density at radius 2 is 2.21 bits per heavy atom. The summed E-state index contributed by atoms with van der Waals surface area (Å²) in [6.45, 7) is 0.878. The second-order valence-electron chi connectivity index (χ2n) is 6.09. The van der Waals surface area contributed by atoms with E-state index in [0.717, 1.165) is 0 Å². The minimum absolute atomic E-state index is 0.0386. The molecule has 24 heavy (non-hydrogen) atoms. The van der Waals surface area contributed by atoms with E-state index in [1.807, 2.05) is 0 Å². The van der Waals surface area contributed by atoms with Crippen molar-refractivity contribution >= 4 is 33.5 Å². The Kier molecular flexibility index (Phi) is 4.31. The van der Waals surface area contributed by atoms with Gasteiger partial charge in [0.05, 0.1) is 16.9 Å². The van der Waals surface area contributed by atoms with Crippen molar-refractivity contribution in [3.05, 3.63) is 38.3 Å². The lowest BCUT2D eigenvalue weighted by Crippen LogP contribution is -2.45. The highest BCUT2D eigenvalue weighted by Gasteiger charge is 2.55. The third-order valence-corrected chi connectivity index (χ3v) is 5.30. The molecule has 0 saturated carbocycles. The average Bonchev–Trinajstić information content (AvgIpc) is 2.95. The molecule has 8 nitrogen and oxygen atoms in total. The van der Waals surface area contributed by atoms with Gasteiger partial charge in [0.2, 0.25) is 0 Å². The van der Waals surface area contributed by atoms with Crippen LogP contribution in [0.15, 0.2) is 22.7 Å². The molecule has 0 radical (unpaired) electrons. The van der Waals surface area contributed by atoms with E-state index >= 15 is 0 Å². The summed E-state index contributed by atoms with van der Waals surface area (Å²) >= 11 is 3.15. The first-order chi connectivity index (χ1) is 11.3. The number of nitro groups is 1. The normalized spacial score (nSPS) is 26.0. The van der Waals surface area contributed by atoms with Crippen LogP contribution in [-0.4, -0.2) is 53.1 Å². The molecule has 2 heterocycles. The molecule has 2 atom stereocenters. The van der Waals surface area contributed by atoms with Crippen molar-refractivity contribution in [3.8, 4) is 0 Å². The quantitative estimate of drug-likeness (QED) is 0.614. The van der Waals surface area contributed by atoms with Gasteiger partial charge in [-0.05, 0) is 18.6 Å². The van der Waals surface area contributed by atoms with Crippen LogP contribution in [0.1, 0.15) is 16.8 Å². The molecule has 1 aromatic carbocycles. The van der Waals surface area contributed by atoms with Crippen LogP contribution in [-0.2, 0) is 9.53 Å². The van der Waals surface area contributed by atoms with E-state index in [1.165, 1.54) is 17.0 Å². The van der Waals surface area contributed by atoms with Gasteiger partial charge in [-0.3, -0.25) is 19.7 Å². The highest BCUT2D eigenvalue weighted by atomic mass is 79.9. The van der Waals surface area contributed by atoms with Gasteiger partial charge < -0.3 is 14.7 Å². The number of ether oxygens (including phenoxy) is 1. The molecule has 0 bridgehead atoms. The fourth-order valence-corrected chi connectivity index (χ4v) is 3.81. The molecule has 0 unspecified atom stereocenters. The Bertz CT molecular complexity index is 724. The summed E-state index contributed by atoms with van der Waals surface area (Å²) in [5.74, 6) is -1.78. The van der Waals surface area contributed by atoms with E-state index in [-0.39, 0.29) is 36.9 Å². The van der Waals surface area contributed by atoms with Crippen LogP contribution in [0.4, 0.5) is 5.69 Å². The maximum atomic E-state index is 12.8. The molecule has 2 saturated heterocycles. The largest absolute Gasteiger partial charge is 0.481 e. The topological polar surface area (TPSA) is 110 Å². The van der Waals surface area contributed by atoms with Crippen LogP contribution in [0, 0.1) is 21.4 Å². The number of hydrogen-bond acceptors (Lipinski definition) is 5. The first-order valence-electron chi connectivity index (χ1n) is 7.39. The van der Waals surface area contributed by atoms with Crippen molar-refractivity contribution in [3.63, 3.8) is 0 Å². The van der Waals surface area contributed by atoms with E-state index < -0.39 is 22.2 Å². The van der Waals surface area contributed by atoms with Gasteiger partial charge in [-0.1, -0.05) is 15.9 Å². The van der Waals surface area contributed by atoms with Gasteiger partial charge in [0.25, 0.3) is 11.6 Å². The maximum absolute atomic E-state index is 12.8. The number of rotatable bonds is 3. The molecule has 3 rings (SSSR count). The first kappa shape index (κ1) is 16.8. The number of hydrogen-bond donors (Lipinski definition) is 1. The van der Waals surface area contributed by atoms with E-state index in [0.29, 0.717) is 17.5 Å². The van der Waals surface area contributed by atoms with Crippen LogP contribution in [0.25, 0.3) is 0 Å². The van der Waals surface area contributed by atoms with E-state index in [2.05, 4.69) is 15.9 Å². The Morgan fingerprint density at radius 1 is 1.46 bits per heavy atom. The lowest BCUT2D eigenvalue weighted by atomic mass is 9.74. The van der Waals surface area contributed by atoms with Gasteiger partial charge in [0.15, 0.2) is 0 Å². The maximum Gasteiger partial charge on any atom is 0.311 e. The SMILES string of the molecule is O=C(c1ccc(Br)cc1[N+](=O)[O-])N1C[C@H]2COCC[C@@]2(C(=O)O)C1. The number of aliphatic carboxylic acids is 1. The molecule has 0 aliphatic carbocycles. The van der Waals surface area contributed by atoms with E-state index in [1.54, 1.807) is 6.07 Å². The zero-order chi connectivity index (χ0) is 17.5. The summed E-state index contributed by atoms with van der Waals surface area (Å²) in [6.07, 6.45) is 0.333. The fraction of sp³-hybridized carbons (Fsp3) is 0.467. The first-order valence-corrected chi connectivity index (χ1v) is 8.19. The lowest BCUT2D eigenvalue weighted by Gasteiger charge is -2.33. The van der Waals surface area contributed by atoms with Crippen LogP contribution in [0.2, 0.25) is 0 Å². The van der Waals surface area contributed by atoms with Crippen molar-refractivity contribution in [2.45, 2.75) is 6.42 Å². The van der Waals surface area contributed by atoms with Crippen molar-refractivity contribution in [1.82, 2.24) is 4.90 Å². The van der Waals surface area contributed by atoms with Crippen LogP contribution >= 0.6 is 15.9 Å². The van der Waals surface area contributed by atoms with Crippen LogP contribution < -0.4 is 0 Å². The summed E-state index contributed by atoms with van der Waals surface area (Å²) in [5, 5.41) is 20.9. The van der Waals surface area contributed by atoms with Crippen LogP contribution in [0.5, 0.6) is 0 Å². The number of nitro benzene ring substituents is 1. The number of carbonyl (C=O) groups excluding carboxylic acids is 1. The number of likely N-dealkylation sites (tertiary alicyclic amines) is 1. The standard InChI is InChI=1S/C15H15BrN2O6/c16-10-1-2-11(12(5-10)18(22)23)13(19)17-6-9-7-24-4-3-15(9,8-17)14(20)21/h1-2,5,9H,3-4,6-8H2,(H,20,21)/t9-,15+/m0/s1. The number of nitrogens with zero attached hydrogens (tertiary/aromatic N) is 2. The Labute approximate surface area is 145 Å². The van der Waals surface area contributed by atoms with Gasteiger partial charge in [-0.2, -0.15) is 0 Å². The third-order valence-electron chi connectivity index (χ3n) is 4.81. The van der Waals surface area contributed by atoms with Crippen molar-refractivity contribution in [1.29, 1.82) is 0 Å². The predicted molar refractivity (Wildman–Crippen MR) is 85.7 cm³/mol. The fourth-order valence-electron chi connectivity index (χ4n) is 3.46. The second-order valence-corrected chi connectivity index (χ2v) is 7.00. The smallest absolute Gasteiger partial charge is 0.311 e. The average molecular weight is 399 g/mol. The minimum atomic E-state index is -1.03. The summed E-state index contributed by atoms with van der Waals surface area (Å²) in [7, 11) is 0. The van der Waals surface area contributed by atoms with Gasteiger partial charge in [0, 0.05) is 36.2 Å². The zero-order valence-corrected chi connectivity index (χ0v) is 14.2. The molecule has 2 aliphatic rings. The van der Waals surface area contributed by atoms with Crippen molar-refractivity contribution < 1.29 is 24.4 Å². The number of amides is 1. The number of benzene rings is 1. The molecule has 1 N–H and O–H groups in total. The van der Waals surface area contributed by atoms with Gasteiger partial charge in [-0.15, -0.1) is 0 Å². The molecule has 2 aliphatic heterocycles. The Hall–Kier alpha value is -2.00. The molecular formula is C15H15BrN2O6. The van der Waals surface area contributed by atoms with Crippen LogP contribution in [0.3, 0.4) is 0 Å².